The van der Waals surface area contributed by atoms with E-state index in [0.717, 1.165) is 18.2 Å². The van der Waals surface area contributed by atoms with Crippen molar-refractivity contribution in [3.63, 3.8) is 0 Å². The SMILES string of the molecule is CC[C@@]1(O)C(=O)OCc2c1cc1n(c2=O)Cc2c-1nc1cc(F)c(C)c3c1c2[C@H](NC(=O)C(OCNC(=O)[C@H](C)NC(=O)[C@@H](NC(=O)C(CCCC(=O)O)N1C(=O)C=CC1=O)C(C)C)C(F)(F)F)CC3. The number of nitrogens with one attached hydrogen (secondary N) is 4. The van der Waals surface area contributed by atoms with Gasteiger partial charge in [0, 0.05) is 41.2 Å². The van der Waals surface area contributed by atoms with Crippen LogP contribution in [0.25, 0.3) is 22.3 Å². The zero-order valence-electron chi connectivity index (χ0n) is 38.4. The van der Waals surface area contributed by atoms with Crippen molar-refractivity contribution in [1.82, 2.24) is 35.7 Å². The number of hydrogen-bond acceptors (Lipinski definition) is 13. The number of carboxylic acids is 1. The number of ether oxygens (including phenoxy) is 2. The van der Waals surface area contributed by atoms with Crippen molar-refractivity contribution in [2.24, 2.45) is 5.92 Å². The normalized spacial score (nSPS) is 19.7. The maximum Gasteiger partial charge on any atom is 0.423 e. The Morgan fingerprint density at radius 3 is 2.29 bits per heavy atom. The van der Waals surface area contributed by atoms with Gasteiger partial charge in [0.2, 0.25) is 23.8 Å². The fourth-order valence-electron chi connectivity index (χ4n) is 9.31. The number of fused-ring (bicyclic) bond motifs is 5. The van der Waals surface area contributed by atoms with Gasteiger partial charge in [-0.25, -0.2) is 14.2 Å². The number of esters is 1. The summed E-state index contributed by atoms with van der Waals surface area (Å²) in [5, 5.41) is 30.0. The summed E-state index contributed by atoms with van der Waals surface area (Å²) in [6.45, 7) is 5.45. The number of aromatic nitrogens is 2. The number of rotatable bonds is 17. The number of alkyl halides is 3. The van der Waals surface area contributed by atoms with E-state index in [9.17, 15) is 61.4 Å². The summed E-state index contributed by atoms with van der Waals surface area (Å²) in [7, 11) is 0. The molecule has 1 aliphatic carbocycles. The van der Waals surface area contributed by atoms with E-state index >= 15 is 4.39 Å². The number of aliphatic carboxylic acids is 1. The summed E-state index contributed by atoms with van der Waals surface area (Å²) in [4.78, 5) is 122. The van der Waals surface area contributed by atoms with Crippen LogP contribution in [0.5, 0.6) is 0 Å². The van der Waals surface area contributed by atoms with Gasteiger partial charge < -0.3 is 45.5 Å². The van der Waals surface area contributed by atoms with Gasteiger partial charge in [-0.2, -0.15) is 13.2 Å². The first-order valence-corrected chi connectivity index (χ1v) is 22.3. The van der Waals surface area contributed by atoms with Crippen LogP contribution in [0.4, 0.5) is 17.6 Å². The summed E-state index contributed by atoms with van der Waals surface area (Å²) < 4.78 is 70.6. The van der Waals surface area contributed by atoms with E-state index in [-0.39, 0.29) is 77.8 Å². The van der Waals surface area contributed by atoms with Gasteiger partial charge in [-0.05, 0) is 74.6 Å². The Hall–Kier alpha value is -7.08. The predicted molar refractivity (Wildman–Crippen MR) is 233 cm³/mol. The van der Waals surface area contributed by atoms with Crippen molar-refractivity contribution in [2.75, 3.05) is 6.73 Å². The Morgan fingerprint density at radius 2 is 1.66 bits per heavy atom. The fraction of sp³-hybridized carbons (Fsp3) is 0.478. The Morgan fingerprint density at radius 1 is 0.971 bits per heavy atom. The van der Waals surface area contributed by atoms with Crippen LogP contribution in [0.1, 0.15) is 99.2 Å². The van der Waals surface area contributed by atoms with Crippen LogP contribution >= 0.6 is 0 Å². The van der Waals surface area contributed by atoms with Gasteiger partial charge in [0.1, 0.15) is 37.3 Å². The maximum atomic E-state index is 15.4. The number of hydrogen-bond donors (Lipinski definition) is 6. The molecular weight excluding hydrogens is 935 g/mol. The molecule has 0 saturated heterocycles. The summed E-state index contributed by atoms with van der Waals surface area (Å²) >= 11 is 0. The third-order valence-corrected chi connectivity index (χ3v) is 13.1. The standard InChI is InChI=1S/C46H49F4N7O13/c1-6-45(68)25-14-30-37-23(16-56(30)43(66)24(25)17-69-44(45)67)35-27(11-10-22-20(4)26(47)15-28(53-37)34(22)35)54-42(65)38(46(48,49)50)70-18-51-39(62)21(5)52-41(64)36(19(2)3)55-40(63)29(8-7-9-33(60)61)57-31(58)12-13-32(57)59/h12-15,19,21,27,29,36,38,68H,6-11,16-18H2,1-5H3,(H,51,62)(H,52,64)(H,54,65)(H,55,63)(H,60,61)/t21-,27+,29?,36-,38?,45-/m0/s1. The molecule has 20 nitrogen and oxygen atoms in total. The van der Waals surface area contributed by atoms with Gasteiger partial charge in [-0.1, -0.05) is 20.8 Å². The highest BCUT2D eigenvalue weighted by Gasteiger charge is 2.49. The Labute approximate surface area is 395 Å². The second kappa shape index (κ2) is 19.4. The van der Waals surface area contributed by atoms with Crippen molar-refractivity contribution in [3.05, 3.63) is 73.8 Å². The molecule has 0 bridgehead atoms. The van der Waals surface area contributed by atoms with Gasteiger partial charge in [-0.15, -0.1) is 0 Å². The number of nitrogens with zero attached hydrogens (tertiary/aromatic N) is 3. The van der Waals surface area contributed by atoms with Gasteiger partial charge in [0.15, 0.2) is 5.60 Å². The highest BCUT2D eigenvalue weighted by Crippen LogP contribution is 2.46. The van der Waals surface area contributed by atoms with E-state index in [1.54, 1.807) is 0 Å². The number of pyridine rings is 2. The lowest BCUT2D eigenvalue weighted by Gasteiger charge is -2.31. The van der Waals surface area contributed by atoms with Crippen LogP contribution in [-0.4, -0.2) is 109 Å². The molecule has 374 valence electrons. The van der Waals surface area contributed by atoms with Gasteiger partial charge >= 0.3 is 18.1 Å². The van der Waals surface area contributed by atoms with Crippen LogP contribution in [0.3, 0.4) is 0 Å². The molecule has 24 heteroatoms. The van der Waals surface area contributed by atoms with Crippen LogP contribution in [0.2, 0.25) is 0 Å². The third kappa shape index (κ3) is 9.35. The summed E-state index contributed by atoms with van der Waals surface area (Å²) in [5.74, 6) is -9.75. The van der Waals surface area contributed by atoms with Crippen LogP contribution in [0.15, 0.2) is 29.1 Å². The number of benzene rings is 1. The molecule has 6 N–H and O–H groups in total. The second-order valence-corrected chi connectivity index (χ2v) is 17.8. The summed E-state index contributed by atoms with van der Waals surface area (Å²) in [6, 6.07) is -2.97. The Balaban J connectivity index is 1.06. The molecule has 6 amide bonds. The molecule has 2 unspecified atom stereocenters. The molecule has 1 aromatic carbocycles. The molecule has 0 spiro atoms. The highest BCUT2D eigenvalue weighted by molar-refractivity contribution is 6.15. The van der Waals surface area contributed by atoms with Crippen molar-refractivity contribution in [2.45, 2.75) is 128 Å². The molecule has 6 atom stereocenters. The number of aryl methyl sites for hydroxylation is 1. The molecule has 7 rings (SSSR count). The van der Waals surface area contributed by atoms with Crippen molar-refractivity contribution in [1.29, 1.82) is 0 Å². The van der Waals surface area contributed by atoms with E-state index in [4.69, 9.17) is 19.6 Å². The third-order valence-electron chi connectivity index (χ3n) is 13.1. The summed E-state index contributed by atoms with van der Waals surface area (Å²) in [5.41, 5.74) is -1.11. The van der Waals surface area contributed by atoms with Gasteiger partial charge in [0.25, 0.3) is 23.3 Å². The molecule has 0 saturated carbocycles. The molecule has 0 radical (unpaired) electrons. The first kappa shape index (κ1) is 50.8. The van der Waals surface area contributed by atoms with E-state index < -0.39 is 126 Å². The Kier molecular flexibility index (Phi) is 14.1. The van der Waals surface area contributed by atoms with E-state index in [0.29, 0.717) is 21.4 Å². The smallest absolute Gasteiger partial charge is 0.423 e. The molecule has 4 aliphatic rings. The quantitative estimate of drug-likeness (QED) is 0.0382. The molecule has 5 heterocycles. The fourth-order valence-corrected chi connectivity index (χ4v) is 9.31. The summed E-state index contributed by atoms with van der Waals surface area (Å²) in [6.07, 6.45) is -7.48. The maximum absolute atomic E-state index is 15.4. The van der Waals surface area contributed by atoms with Crippen molar-refractivity contribution >= 4 is 58.3 Å². The average molecular weight is 984 g/mol. The number of cyclic esters (lactones) is 1. The zero-order valence-corrected chi connectivity index (χ0v) is 38.4. The highest BCUT2D eigenvalue weighted by atomic mass is 19.4. The van der Waals surface area contributed by atoms with Crippen LogP contribution in [-0.2, 0) is 73.0 Å². The van der Waals surface area contributed by atoms with Crippen LogP contribution < -0.4 is 26.8 Å². The number of halogens is 4. The molecule has 2 aromatic heterocycles. The van der Waals surface area contributed by atoms with E-state index in [1.807, 2.05) is 0 Å². The number of amides is 6. The lowest BCUT2D eigenvalue weighted by molar-refractivity contribution is -0.220. The number of carboxylic acid groups (broad SMARTS) is 1. The molecular formula is C46H49F4N7O13. The largest absolute Gasteiger partial charge is 0.481 e. The lowest BCUT2D eigenvalue weighted by Crippen LogP contribution is -2.58. The molecule has 3 aromatic rings. The lowest BCUT2D eigenvalue weighted by atomic mass is 9.81. The number of carbonyl (C=O) groups is 8. The molecule has 3 aliphatic heterocycles. The number of aliphatic hydroxyl groups is 1. The number of carbonyl (C=O) groups excluding carboxylic acids is 7. The first-order valence-electron chi connectivity index (χ1n) is 22.3. The molecule has 70 heavy (non-hydrogen) atoms. The van der Waals surface area contributed by atoms with Crippen LogP contribution in [0, 0.1) is 18.7 Å². The predicted octanol–water partition coefficient (Wildman–Crippen LogP) is 1.85. The topological polar surface area (TPSA) is 282 Å². The molecule has 0 fully saturated rings. The average Bonchev–Trinajstić information content (AvgIpc) is 3.83. The monoisotopic (exact) mass is 983 g/mol. The van der Waals surface area contributed by atoms with Gasteiger partial charge in [0.05, 0.1) is 35.1 Å². The second-order valence-electron chi connectivity index (χ2n) is 17.8. The first-order chi connectivity index (χ1) is 32.9. The van der Waals surface area contributed by atoms with E-state index in [2.05, 4.69) is 21.3 Å². The minimum Gasteiger partial charge on any atom is -0.481 e. The minimum atomic E-state index is -5.34. The number of imide groups is 1. The van der Waals surface area contributed by atoms with Crippen molar-refractivity contribution < 1.29 is 75.6 Å². The van der Waals surface area contributed by atoms with Crippen molar-refractivity contribution in [3.8, 4) is 11.4 Å². The zero-order chi connectivity index (χ0) is 51.3. The minimum absolute atomic E-state index is 0.00415. The Bertz CT molecular complexity index is 2830. The van der Waals surface area contributed by atoms with E-state index in [1.165, 1.54) is 45.3 Å². The van der Waals surface area contributed by atoms with Gasteiger partial charge in [-0.3, -0.25) is 43.3 Å².